The van der Waals surface area contributed by atoms with Gasteiger partial charge in [-0.15, -0.1) is 11.3 Å². The molecule has 0 unspecified atom stereocenters. The topological polar surface area (TPSA) is 20.2 Å². The lowest BCUT2D eigenvalue weighted by molar-refractivity contribution is 0.283. The van der Waals surface area contributed by atoms with Gasteiger partial charge in [0, 0.05) is 20.2 Å². The summed E-state index contributed by atoms with van der Waals surface area (Å²) in [5.74, 6) is 0. The van der Waals surface area contributed by atoms with Crippen LogP contribution >= 0.6 is 11.3 Å². The van der Waals surface area contributed by atoms with Crippen molar-refractivity contribution in [2.75, 3.05) is 0 Å². The van der Waals surface area contributed by atoms with Gasteiger partial charge in [0.2, 0.25) is 0 Å². The van der Waals surface area contributed by atoms with Crippen molar-refractivity contribution in [2.24, 2.45) is 0 Å². The molecule has 1 heterocycles. The first-order valence-corrected chi connectivity index (χ1v) is 7.54. The first-order chi connectivity index (χ1) is 9.78. The van der Waals surface area contributed by atoms with Gasteiger partial charge in [0.1, 0.15) is 0 Å². The summed E-state index contributed by atoms with van der Waals surface area (Å²) in [6.45, 7) is 2.21. The molecule has 98 valence electrons. The summed E-state index contributed by atoms with van der Waals surface area (Å²) in [6.07, 6.45) is 0. The second-order valence-electron chi connectivity index (χ2n) is 5.22. The Hall–Kier alpha value is -1.90. The van der Waals surface area contributed by atoms with Crippen molar-refractivity contribution in [3.63, 3.8) is 0 Å². The number of hydrogen-bond acceptors (Lipinski definition) is 2. The molecular formula is C18H14OS. The standard InChI is InChI=1S/C18H14OS/c1-11-6-7-12-9-13(10-19)17-14-4-2-3-5-16(14)20-18(17)15(12)8-11/h2-9,19H,10H2,1H3. The summed E-state index contributed by atoms with van der Waals surface area (Å²) >= 11 is 1.82. The van der Waals surface area contributed by atoms with Crippen molar-refractivity contribution in [2.45, 2.75) is 13.5 Å². The largest absolute Gasteiger partial charge is 0.392 e. The van der Waals surface area contributed by atoms with E-state index in [4.69, 9.17) is 0 Å². The average Bonchev–Trinajstić information content (AvgIpc) is 2.86. The molecular weight excluding hydrogens is 264 g/mol. The van der Waals surface area contributed by atoms with Gasteiger partial charge in [-0.25, -0.2) is 0 Å². The van der Waals surface area contributed by atoms with Crippen molar-refractivity contribution in [3.05, 3.63) is 59.7 Å². The van der Waals surface area contributed by atoms with E-state index in [0.717, 1.165) is 5.56 Å². The molecule has 0 fully saturated rings. The fourth-order valence-corrected chi connectivity index (χ4v) is 4.21. The Bertz CT molecular complexity index is 950. The fraction of sp³-hybridized carbons (Fsp3) is 0.111. The van der Waals surface area contributed by atoms with E-state index in [2.05, 4.69) is 55.5 Å². The Balaban J connectivity index is 2.32. The molecule has 0 aliphatic carbocycles. The van der Waals surface area contributed by atoms with Crippen LogP contribution < -0.4 is 0 Å². The summed E-state index contributed by atoms with van der Waals surface area (Å²) in [5.41, 5.74) is 2.29. The smallest absolute Gasteiger partial charge is 0.0688 e. The number of rotatable bonds is 1. The molecule has 0 saturated carbocycles. The van der Waals surface area contributed by atoms with E-state index < -0.39 is 0 Å². The Kier molecular flexibility index (Phi) is 2.56. The minimum Gasteiger partial charge on any atom is -0.392 e. The van der Waals surface area contributed by atoms with Gasteiger partial charge in [-0.05, 0) is 41.5 Å². The lowest BCUT2D eigenvalue weighted by Crippen LogP contribution is -1.86. The van der Waals surface area contributed by atoms with Gasteiger partial charge in [0.25, 0.3) is 0 Å². The number of hydrogen-bond donors (Lipinski definition) is 1. The zero-order valence-corrected chi connectivity index (χ0v) is 12.0. The van der Waals surface area contributed by atoms with Gasteiger partial charge in [-0.2, -0.15) is 0 Å². The molecule has 0 radical (unpaired) electrons. The third-order valence-electron chi connectivity index (χ3n) is 3.87. The molecule has 0 saturated heterocycles. The number of thiophene rings is 1. The SMILES string of the molecule is Cc1ccc2cc(CO)c3c4ccccc4sc3c2c1. The van der Waals surface area contributed by atoms with Crippen molar-refractivity contribution >= 4 is 42.3 Å². The van der Waals surface area contributed by atoms with Crippen LogP contribution in [0.15, 0.2) is 48.5 Å². The van der Waals surface area contributed by atoms with Gasteiger partial charge < -0.3 is 5.11 Å². The normalized spacial score (nSPS) is 11.7. The maximum absolute atomic E-state index is 9.73. The molecule has 0 amide bonds. The monoisotopic (exact) mass is 278 g/mol. The van der Waals surface area contributed by atoms with Gasteiger partial charge in [-0.3, -0.25) is 0 Å². The third kappa shape index (κ3) is 1.59. The van der Waals surface area contributed by atoms with E-state index in [-0.39, 0.29) is 6.61 Å². The molecule has 2 heteroatoms. The maximum Gasteiger partial charge on any atom is 0.0688 e. The van der Waals surface area contributed by atoms with Gasteiger partial charge in [0.15, 0.2) is 0 Å². The van der Waals surface area contributed by atoms with E-state index in [1.165, 1.54) is 36.5 Å². The molecule has 0 spiro atoms. The van der Waals surface area contributed by atoms with Gasteiger partial charge in [0.05, 0.1) is 6.61 Å². The molecule has 1 nitrogen and oxygen atoms in total. The van der Waals surface area contributed by atoms with E-state index >= 15 is 0 Å². The first kappa shape index (κ1) is 11.9. The first-order valence-electron chi connectivity index (χ1n) is 6.72. The van der Waals surface area contributed by atoms with Crippen molar-refractivity contribution in [1.29, 1.82) is 0 Å². The van der Waals surface area contributed by atoms with Crippen LogP contribution in [0.4, 0.5) is 0 Å². The highest BCUT2D eigenvalue weighted by Gasteiger charge is 2.12. The summed E-state index contributed by atoms with van der Waals surface area (Å²) in [7, 11) is 0. The van der Waals surface area contributed by atoms with Crippen molar-refractivity contribution < 1.29 is 5.11 Å². The number of fused-ring (bicyclic) bond motifs is 5. The van der Waals surface area contributed by atoms with Crippen LogP contribution in [0.3, 0.4) is 0 Å². The summed E-state index contributed by atoms with van der Waals surface area (Å²) < 4.78 is 2.57. The number of aryl methyl sites for hydroxylation is 1. The zero-order chi connectivity index (χ0) is 13.7. The molecule has 1 aromatic heterocycles. The highest BCUT2D eigenvalue weighted by molar-refractivity contribution is 7.26. The van der Waals surface area contributed by atoms with Crippen LogP contribution in [0, 0.1) is 6.92 Å². The van der Waals surface area contributed by atoms with Crippen LogP contribution in [-0.2, 0) is 6.61 Å². The minimum atomic E-state index is 0.0844. The molecule has 3 aromatic carbocycles. The van der Waals surface area contributed by atoms with E-state index in [1.54, 1.807) is 0 Å². The summed E-state index contributed by atoms with van der Waals surface area (Å²) in [4.78, 5) is 0. The van der Waals surface area contributed by atoms with Crippen LogP contribution in [-0.4, -0.2) is 5.11 Å². The highest BCUT2D eigenvalue weighted by Crippen LogP contribution is 2.40. The molecule has 0 bridgehead atoms. The molecule has 0 atom stereocenters. The third-order valence-corrected chi connectivity index (χ3v) is 5.07. The highest BCUT2D eigenvalue weighted by atomic mass is 32.1. The molecule has 4 aromatic rings. The number of aliphatic hydroxyl groups excluding tert-OH is 1. The number of benzene rings is 3. The Labute approximate surface area is 121 Å². The van der Waals surface area contributed by atoms with Crippen LogP contribution in [0.5, 0.6) is 0 Å². The lowest BCUT2D eigenvalue weighted by atomic mass is 9.99. The second-order valence-corrected chi connectivity index (χ2v) is 6.27. The molecule has 1 N–H and O–H groups in total. The Morgan fingerprint density at radius 1 is 1.00 bits per heavy atom. The number of aliphatic hydroxyl groups is 1. The lowest BCUT2D eigenvalue weighted by Gasteiger charge is -2.06. The van der Waals surface area contributed by atoms with Crippen molar-refractivity contribution in [3.8, 4) is 0 Å². The molecule has 20 heavy (non-hydrogen) atoms. The van der Waals surface area contributed by atoms with Crippen LogP contribution in [0.1, 0.15) is 11.1 Å². The van der Waals surface area contributed by atoms with E-state index in [0.29, 0.717) is 0 Å². The fourth-order valence-electron chi connectivity index (χ4n) is 2.93. The summed E-state index contributed by atoms with van der Waals surface area (Å²) in [6, 6.07) is 17.1. The predicted octanol–water partition coefficient (Wildman–Crippen LogP) is 5.01. The molecule has 0 aliphatic heterocycles. The molecule has 0 aliphatic rings. The predicted molar refractivity (Wildman–Crippen MR) is 87.5 cm³/mol. The second kappa shape index (κ2) is 4.30. The van der Waals surface area contributed by atoms with Crippen LogP contribution in [0.25, 0.3) is 30.9 Å². The van der Waals surface area contributed by atoms with E-state index in [1.807, 2.05) is 11.3 Å². The van der Waals surface area contributed by atoms with Gasteiger partial charge in [-0.1, -0.05) is 35.9 Å². The van der Waals surface area contributed by atoms with Crippen molar-refractivity contribution in [1.82, 2.24) is 0 Å². The summed E-state index contributed by atoms with van der Waals surface area (Å²) in [5, 5.41) is 14.7. The quantitative estimate of drug-likeness (QED) is 0.519. The zero-order valence-electron chi connectivity index (χ0n) is 11.2. The Morgan fingerprint density at radius 3 is 2.70 bits per heavy atom. The van der Waals surface area contributed by atoms with E-state index in [9.17, 15) is 5.11 Å². The van der Waals surface area contributed by atoms with Gasteiger partial charge >= 0.3 is 0 Å². The molecule has 4 rings (SSSR count). The minimum absolute atomic E-state index is 0.0844. The maximum atomic E-state index is 9.73. The average molecular weight is 278 g/mol. The van der Waals surface area contributed by atoms with Crippen LogP contribution in [0.2, 0.25) is 0 Å². The Morgan fingerprint density at radius 2 is 1.85 bits per heavy atom.